The molecule has 2 saturated carbocycles. The van der Waals surface area contributed by atoms with Crippen LogP contribution < -0.4 is 5.32 Å². The maximum absolute atomic E-state index is 12.8. The Morgan fingerprint density at radius 3 is 2.39 bits per heavy atom. The molecule has 0 unspecified atom stereocenters. The van der Waals surface area contributed by atoms with Gasteiger partial charge in [-0.05, 0) is 32.2 Å². The first-order valence-corrected chi connectivity index (χ1v) is 10.6. The van der Waals surface area contributed by atoms with Gasteiger partial charge in [-0.3, -0.25) is 14.5 Å². The number of carbonyl (C=O) groups is 3. The highest BCUT2D eigenvalue weighted by atomic mass is 16.4. The fourth-order valence-electron chi connectivity index (χ4n) is 5.22. The number of nitrogens with zero attached hydrogens (tertiary/aromatic N) is 3. The minimum Gasteiger partial charge on any atom is -0.480 e. The van der Waals surface area contributed by atoms with Gasteiger partial charge < -0.3 is 20.2 Å². The van der Waals surface area contributed by atoms with Crippen molar-refractivity contribution in [2.45, 2.75) is 76.4 Å². The number of aliphatic carboxylic acids is 1. The van der Waals surface area contributed by atoms with Crippen molar-refractivity contribution in [3.8, 4) is 0 Å². The number of piperazine rings is 1. The molecular weight excluding hydrogens is 360 g/mol. The molecule has 2 aliphatic carbocycles. The van der Waals surface area contributed by atoms with Crippen LogP contribution in [0.1, 0.15) is 58.8 Å². The first-order chi connectivity index (χ1) is 13.3. The van der Waals surface area contributed by atoms with Crippen molar-refractivity contribution in [2.24, 2.45) is 0 Å². The highest BCUT2D eigenvalue weighted by Crippen LogP contribution is 2.37. The van der Waals surface area contributed by atoms with E-state index in [1.807, 2.05) is 21.6 Å². The molecule has 3 rings (SSSR count). The highest BCUT2D eigenvalue weighted by Gasteiger charge is 2.45. The number of hydrogen-bond donors (Lipinski definition) is 2. The van der Waals surface area contributed by atoms with Crippen LogP contribution >= 0.6 is 0 Å². The van der Waals surface area contributed by atoms with Gasteiger partial charge in [-0.2, -0.15) is 0 Å². The average Bonchev–Trinajstić information content (AvgIpc) is 2.62. The monoisotopic (exact) mass is 394 g/mol. The second-order valence-electron chi connectivity index (χ2n) is 8.61. The minimum absolute atomic E-state index is 0.0436. The first-order valence-electron chi connectivity index (χ1n) is 10.6. The van der Waals surface area contributed by atoms with Gasteiger partial charge in [0.15, 0.2) is 0 Å². The Morgan fingerprint density at radius 2 is 1.82 bits per heavy atom. The summed E-state index contributed by atoms with van der Waals surface area (Å²) in [5, 5.41) is 12.1. The van der Waals surface area contributed by atoms with E-state index < -0.39 is 5.97 Å². The summed E-state index contributed by atoms with van der Waals surface area (Å²) in [6.45, 7) is 6.16. The summed E-state index contributed by atoms with van der Waals surface area (Å²) >= 11 is 0. The van der Waals surface area contributed by atoms with Gasteiger partial charge in [0.25, 0.3) is 0 Å². The third kappa shape index (κ3) is 4.42. The summed E-state index contributed by atoms with van der Waals surface area (Å²) in [6.07, 6.45) is 6.97. The largest absolute Gasteiger partial charge is 0.480 e. The molecule has 8 heteroatoms. The second kappa shape index (κ2) is 8.68. The zero-order valence-corrected chi connectivity index (χ0v) is 17.2. The molecule has 2 N–H and O–H groups in total. The highest BCUT2D eigenvalue weighted by molar-refractivity contribution is 5.77. The quantitative estimate of drug-likeness (QED) is 0.737. The Bertz CT molecular complexity index is 599. The van der Waals surface area contributed by atoms with E-state index in [2.05, 4.69) is 5.32 Å². The number of amides is 3. The molecule has 1 aliphatic heterocycles. The predicted molar refractivity (Wildman–Crippen MR) is 105 cm³/mol. The molecule has 0 aromatic carbocycles. The van der Waals surface area contributed by atoms with E-state index in [0.717, 1.165) is 38.5 Å². The Balaban J connectivity index is 1.53. The molecule has 3 amide bonds. The van der Waals surface area contributed by atoms with Gasteiger partial charge in [-0.1, -0.05) is 26.2 Å². The molecule has 0 radical (unpaired) electrons. The Kier molecular flexibility index (Phi) is 6.47. The van der Waals surface area contributed by atoms with Gasteiger partial charge in [0.2, 0.25) is 5.91 Å². The molecule has 8 nitrogen and oxygen atoms in total. The SMILES string of the molecule is CCN(CC(=O)O)C1CC(NC(=O)N2CCN(C(C)=O)C3(CCCCC3)C2)C1. The molecule has 1 spiro atoms. The Labute approximate surface area is 167 Å². The van der Waals surface area contributed by atoms with Gasteiger partial charge in [-0.25, -0.2) is 4.79 Å². The van der Waals surface area contributed by atoms with Crippen molar-refractivity contribution >= 4 is 17.9 Å². The summed E-state index contributed by atoms with van der Waals surface area (Å²) in [4.78, 5) is 41.8. The number of carbonyl (C=O) groups excluding carboxylic acids is 2. The number of carboxylic acids is 1. The van der Waals surface area contributed by atoms with Crippen LogP contribution in [-0.2, 0) is 9.59 Å². The lowest BCUT2D eigenvalue weighted by atomic mass is 9.78. The van der Waals surface area contributed by atoms with Crippen molar-refractivity contribution in [1.82, 2.24) is 20.0 Å². The summed E-state index contributed by atoms with van der Waals surface area (Å²) in [6, 6.07) is 0.289. The van der Waals surface area contributed by atoms with E-state index >= 15 is 0 Å². The third-order valence-electron chi connectivity index (χ3n) is 6.80. The summed E-state index contributed by atoms with van der Waals surface area (Å²) in [7, 11) is 0. The number of rotatable bonds is 5. The van der Waals surface area contributed by atoms with Gasteiger partial charge in [0, 0.05) is 38.6 Å². The number of urea groups is 1. The Morgan fingerprint density at radius 1 is 1.14 bits per heavy atom. The van der Waals surface area contributed by atoms with Crippen LogP contribution in [0.15, 0.2) is 0 Å². The normalized spacial score (nSPS) is 26.8. The van der Waals surface area contributed by atoms with E-state index in [0.29, 0.717) is 26.2 Å². The van der Waals surface area contributed by atoms with E-state index in [4.69, 9.17) is 5.11 Å². The van der Waals surface area contributed by atoms with E-state index in [1.165, 1.54) is 6.42 Å². The number of nitrogens with one attached hydrogen (secondary N) is 1. The topological polar surface area (TPSA) is 93.2 Å². The van der Waals surface area contributed by atoms with Gasteiger partial charge >= 0.3 is 12.0 Å². The lowest BCUT2D eigenvalue weighted by Gasteiger charge is -2.53. The van der Waals surface area contributed by atoms with Crippen molar-refractivity contribution in [1.29, 1.82) is 0 Å². The molecule has 3 aliphatic rings. The van der Waals surface area contributed by atoms with Crippen LogP contribution in [0, 0.1) is 0 Å². The average molecular weight is 395 g/mol. The minimum atomic E-state index is -0.810. The zero-order valence-electron chi connectivity index (χ0n) is 17.2. The number of hydrogen-bond acceptors (Lipinski definition) is 4. The van der Waals surface area contributed by atoms with Gasteiger partial charge in [-0.15, -0.1) is 0 Å². The van der Waals surface area contributed by atoms with Crippen molar-refractivity contribution in [3.63, 3.8) is 0 Å². The van der Waals surface area contributed by atoms with Crippen molar-refractivity contribution < 1.29 is 19.5 Å². The molecule has 3 fully saturated rings. The molecule has 0 atom stereocenters. The number of carboxylic acid groups (broad SMARTS) is 1. The fourth-order valence-corrected chi connectivity index (χ4v) is 5.22. The maximum atomic E-state index is 12.8. The molecule has 158 valence electrons. The molecule has 0 aromatic heterocycles. The summed E-state index contributed by atoms with van der Waals surface area (Å²) in [5.74, 6) is -0.697. The molecule has 0 aromatic rings. The number of likely N-dealkylation sites (N-methyl/N-ethyl adjacent to an activating group) is 1. The molecule has 0 bridgehead atoms. The van der Waals surface area contributed by atoms with Crippen LogP contribution in [0.25, 0.3) is 0 Å². The second-order valence-corrected chi connectivity index (χ2v) is 8.61. The Hall–Kier alpha value is -1.83. The predicted octanol–water partition coefficient (Wildman–Crippen LogP) is 1.50. The summed E-state index contributed by atoms with van der Waals surface area (Å²) < 4.78 is 0. The van der Waals surface area contributed by atoms with Crippen LogP contribution in [0.3, 0.4) is 0 Å². The standard InChI is InChI=1S/C20H34N4O4/c1-3-22(13-18(26)27)17-11-16(12-17)21-19(28)23-9-10-24(15(2)25)20(14-23)7-5-4-6-8-20/h16-17H,3-14H2,1-2H3,(H,21,28)(H,26,27). The molecule has 28 heavy (non-hydrogen) atoms. The lowest BCUT2D eigenvalue weighted by molar-refractivity contribution is -0.141. The van der Waals surface area contributed by atoms with Gasteiger partial charge in [0.1, 0.15) is 0 Å². The van der Waals surface area contributed by atoms with Gasteiger partial charge in [0.05, 0.1) is 12.1 Å². The smallest absolute Gasteiger partial charge is 0.317 e. The molecular formula is C20H34N4O4. The fraction of sp³-hybridized carbons (Fsp3) is 0.850. The van der Waals surface area contributed by atoms with E-state index in [1.54, 1.807) is 6.92 Å². The van der Waals surface area contributed by atoms with Crippen LogP contribution in [0.4, 0.5) is 4.79 Å². The molecule has 1 saturated heterocycles. The molecule has 1 heterocycles. The van der Waals surface area contributed by atoms with Crippen LogP contribution in [0.5, 0.6) is 0 Å². The van der Waals surface area contributed by atoms with Crippen LogP contribution in [-0.4, -0.2) is 88.1 Å². The lowest BCUT2D eigenvalue weighted by Crippen LogP contribution is -2.67. The van der Waals surface area contributed by atoms with E-state index in [9.17, 15) is 14.4 Å². The third-order valence-corrected chi connectivity index (χ3v) is 6.80. The van der Waals surface area contributed by atoms with Crippen molar-refractivity contribution in [2.75, 3.05) is 32.7 Å². The zero-order chi connectivity index (χ0) is 20.3. The van der Waals surface area contributed by atoms with Crippen molar-refractivity contribution in [3.05, 3.63) is 0 Å². The first kappa shape index (κ1) is 20.9. The van der Waals surface area contributed by atoms with E-state index in [-0.39, 0.29) is 36.1 Å². The summed E-state index contributed by atoms with van der Waals surface area (Å²) in [5.41, 5.74) is -0.192. The van der Waals surface area contributed by atoms with Crippen LogP contribution in [0.2, 0.25) is 0 Å². The maximum Gasteiger partial charge on any atom is 0.317 e.